The van der Waals surface area contributed by atoms with Crippen LogP contribution in [0.25, 0.3) is 11.0 Å². The molecule has 0 saturated heterocycles. The van der Waals surface area contributed by atoms with Crippen LogP contribution in [-0.4, -0.2) is 15.6 Å². The van der Waals surface area contributed by atoms with Crippen LogP contribution in [-0.2, 0) is 13.5 Å². The Bertz CT molecular complexity index is 587. The number of hydrogen-bond acceptors (Lipinski definition) is 2. The Kier molecular flexibility index (Phi) is 3.79. The van der Waals surface area contributed by atoms with Gasteiger partial charge in [-0.15, -0.1) is 0 Å². The molecule has 3 unspecified atom stereocenters. The lowest BCUT2D eigenvalue weighted by Crippen LogP contribution is -2.37. The van der Waals surface area contributed by atoms with E-state index in [1.54, 1.807) is 0 Å². The third-order valence-corrected chi connectivity index (χ3v) is 5.05. The van der Waals surface area contributed by atoms with Gasteiger partial charge in [-0.3, -0.25) is 0 Å². The number of fused-ring (bicyclic) bond motifs is 1. The number of rotatable bonds is 3. The van der Waals surface area contributed by atoms with Gasteiger partial charge in [-0.05, 0) is 43.2 Å². The molecule has 108 valence electrons. The van der Waals surface area contributed by atoms with Crippen molar-refractivity contribution in [2.45, 2.75) is 45.1 Å². The van der Waals surface area contributed by atoms with Crippen molar-refractivity contribution in [1.29, 1.82) is 0 Å². The minimum atomic E-state index is 0.345. The summed E-state index contributed by atoms with van der Waals surface area (Å²) in [5.41, 5.74) is 8.67. The van der Waals surface area contributed by atoms with Gasteiger partial charge in [-0.1, -0.05) is 25.5 Å². The fourth-order valence-electron chi connectivity index (χ4n) is 3.60. The van der Waals surface area contributed by atoms with Gasteiger partial charge in [0.1, 0.15) is 5.82 Å². The standard InChI is InChI=1S/C17H25N3/c1-3-12-8-9-14(18)13(10-12)11-17-19-15-6-4-5-7-16(15)20(17)2/h4-7,12-14H,3,8-11,18H2,1-2H3. The first-order chi connectivity index (χ1) is 9.69. The molecule has 3 rings (SSSR count). The van der Waals surface area contributed by atoms with Gasteiger partial charge in [-0.25, -0.2) is 4.98 Å². The Morgan fingerprint density at radius 3 is 2.85 bits per heavy atom. The number of nitrogens with zero attached hydrogens (tertiary/aromatic N) is 2. The highest BCUT2D eigenvalue weighted by molar-refractivity contribution is 5.75. The second-order valence-electron chi connectivity index (χ2n) is 6.29. The molecule has 2 N–H and O–H groups in total. The molecule has 0 amide bonds. The van der Waals surface area contributed by atoms with E-state index in [-0.39, 0.29) is 0 Å². The molecule has 0 bridgehead atoms. The first-order valence-electron chi connectivity index (χ1n) is 7.85. The molecule has 1 aliphatic rings. The number of para-hydroxylation sites is 2. The van der Waals surface area contributed by atoms with Crippen LogP contribution in [0.3, 0.4) is 0 Å². The number of imidazole rings is 1. The molecule has 20 heavy (non-hydrogen) atoms. The first kappa shape index (κ1) is 13.6. The molecule has 2 aromatic rings. The average molecular weight is 271 g/mol. The summed E-state index contributed by atoms with van der Waals surface area (Å²) in [6.45, 7) is 2.30. The first-order valence-corrected chi connectivity index (χ1v) is 7.85. The minimum Gasteiger partial charge on any atom is -0.331 e. The molecule has 0 radical (unpaired) electrons. The molecule has 3 atom stereocenters. The third-order valence-electron chi connectivity index (χ3n) is 5.05. The SMILES string of the molecule is CCC1CCC(N)C(Cc2nc3ccccc3n2C)C1. The van der Waals surface area contributed by atoms with Crippen molar-refractivity contribution >= 4 is 11.0 Å². The Balaban J connectivity index is 1.83. The van der Waals surface area contributed by atoms with Crippen LogP contribution in [0.4, 0.5) is 0 Å². The summed E-state index contributed by atoms with van der Waals surface area (Å²) >= 11 is 0. The van der Waals surface area contributed by atoms with Gasteiger partial charge in [-0.2, -0.15) is 0 Å². The van der Waals surface area contributed by atoms with Crippen molar-refractivity contribution in [3.05, 3.63) is 30.1 Å². The lowest BCUT2D eigenvalue weighted by atomic mass is 9.76. The highest BCUT2D eigenvalue weighted by Crippen LogP contribution is 2.32. The monoisotopic (exact) mass is 271 g/mol. The van der Waals surface area contributed by atoms with Gasteiger partial charge < -0.3 is 10.3 Å². The second kappa shape index (κ2) is 5.57. The molecule has 1 heterocycles. The summed E-state index contributed by atoms with van der Waals surface area (Å²) in [6, 6.07) is 8.71. The van der Waals surface area contributed by atoms with Crippen LogP contribution in [0.1, 0.15) is 38.4 Å². The van der Waals surface area contributed by atoms with Gasteiger partial charge in [0.25, 0.3) is 0 Å². The van der Waals surface area contributed by atoms with E-state index in [4.69, 9.17) is 10.7 Å². The van der Waals surface area contributed by atoms with Gasteiger partial charge in [0.15, 0.2) is 0 Å². The molecular formula is C17H25N3. The van der Waals surface area contributed by atoms with Crippen LogP contribution in [0.5, 0.6) is 0 Å². The van der Waals surface area contributed by atoms with E-state index < -0.39 is 0 Å². The topological polar surface area (TPSA) is 43.8 Å². The molecule has 3 nitrogen and oxygen atoms in total. The number of aromatic nitrogens is 2. The molecule has 1 saturated carbocycles. The fourth-order valence-corrected chi connectivity index (χ4v) is 3.60. The smallest absolute Gasteiger partial charge is 0.109 e. The Hall–Kier alpha value is -1.35. The maximum atomic E-state index is 6.35. The third kappa shape index (κ3) is 2.47. The van der Waals surface area contributed by atoms with E-state index in [9.17, 15) is 0 Å². The highest BCUT2D eigenvalue weighted by atomic mass is 15.1. The number of nitrogens with two attached hydrogens (primary N) is 1. The van der Waals surface area contributed by atoms with Crippen molar-refractivity contribution in [3.8, 4) is 0 Å². The van der Waals surface area contributed by atoms with Gasteiger partial charge >= 0.3 is 0 Å². The Morgan fingerprint density at radius 1 is 1.30 bits per heavy atom. The zero-order valence-corrected chi connectivity index (χ0v) is 12.5. The summed E-state index contributed by atoms with van der Waals surface area (Å²) in [6.07, 6.45) is 6.04. The molecule has 3 heteroatoms. The quantitative estimate of drug-likeness (QED) is 0.931. The minimum absolute atomic E-state index is 0.345. The fraction of sp³-hybridized carbons (Fsp3) is 0.588. The van der Waals surface area contributed by atoms with Crippen molar-refractivity contribution < 1.29 is 0 Å². The Morgan fingerprint density at radius 2 is 2.10 bits per heavy atom. The van der Waals surface area contributed by atoms with E-state index >= 15 is 0 Å². The van der Waals surface area contributed by atoms with E-state index in [0.717, 1.165) is 17.9 Å². The van der Waals surface area contributed by atoms with Crippen molar-refractivity contribution in [3.63, 3.8) is 0 Å². The predicted octanol–water partition coefficient (Wildman–Crippen LogP) is 3.27. The van der Waals surface area contributed by atoms with E-state index in [2.05, 4.69) is 42.8 Å². The van der Waals surface area contributed by atoms with Crippen LogP contribution >= 0.6 is 0 Å². The summed E-state index contributed by atoms with van der Waals surface area (Å²) < 4.78 is 2.23. The lowest BCUT2D eigenvalue weighted by molar-refractivity contribution is 0.224. The number of benzene rings is 1. The van der Waals surface area contributed by atoms with Crippen LogP contribution in [0, 0.1) is 11.8 Å². The maximum absolute atomic E-state index is 6.35. The average Bonchev–Trinajstić information content (AvgIpc) is 2.78. The zero-order valence-electron chi connectivity index (χ0n) is 12.5. The largest absolute Gasteiger partial charge is 0.331 e. The highest BCUT2D eigenvalue weighted by Gasteiger charge is 2.28. The van der Waals surface area contributed by atoms with E-state index in [0.29, 0.717) is 12.0 Å². The molecule has 1 aromatic heterocycles. The molecule has 1 aromatic carbocycles. The Labute approximate surface area is 121 Å². The number of hydrogen-bond donors (Lipinski definition) is 1. The van der Waals surface area contributed by atoms with Crippen LogP contribution < -0.4 is 5.73 Å². The van der Waals surface area contributed by atoms with Crippen molar-refractivity contribution in [1.82, 2.24) is 9.55 Å². The predicted molar refractivity (Wildman–Crippen MR) is 83.5 cm³/mol. The summed E-state index contributed by atoms with van der Waals surface area (Å²) in [4.78, 5) is 4.80. The molecule has 1 aliphatic carbocycles. The lowest BCUT2D eigenvalue weighted by Gasteiger charge is -2.33. The zero-order chi connectivity index (χ0) is 14.1. The summed E-state index contributed by atoms with van der Waals surface area (Å²) in [5.74, 6) is 2.63. The van der Waals surface area contributed by atoms with Gasteiger partial charge in [0, 0.05) is 19.5 Å². The normalized spacial score (nSPS) is 27.1. The second-order valence-corrected chi connectivity index (χ2v) is 6.29. The van der Waals surface area contributed by atoms with Crippen molar-refractivity contribution in [2.75, 3.05) is 0 Å². The van der Waals surface area contributed by atoms with E-state index in [1.165, 1.54) is 37.0 Å². The van der Waals surface area contributed by atoms with Crippen LogP contribution in [0.2, 0.25) is 0 Å². The van der Waals surface area contributed by atoms with Crippen molar-refractivity contribution in [2.24, 2.45) is 24.6 Å². The summed E-state index contributed by atoms with van der Waals surface area (Å²) in [7, 11) is 2.12. The summed E-state index contributed by atoms with van der Waals surface area (Å²) in [5, 5.41) is 0. The van der Waals surface area contributed by atoms with Crippen LogP contribution in [0.15, 0.2) is 24.3 Å². The van der Waals surface area contributed by atoms with Gasteiger partial charge in [0.2, 0.25) is 0 Å². The van der Waals surface area contributed by atoms with Gasteiger partial charge in [0.05, 0.1) is 11.0 Å². The van der Waals surface area contributed by atoms with E-state index in [1.807, 2.05) is 0 Å². The molecule has 1 fully saturated rings. The molecule has 0 spiro atoms. The molecular weight excluding hydrogens is 246 g/mol. The number of aryl methyl sites for hydroxylation is 1. The molecule has 0 aliphatic heterocycles. The maximum Gasteiger partial charge on any atom is 0.109 e.